The third kappa shape index (κ3) is 3.82. The van der Waals surface area contributed by atoms with E-state index in [0.29, 0.717) is 23.7 Å². The lowest BCUT2D eigenvalue weighted by molar-refractivity contribution is -0.122. The average Bonchev–Trinajstić information content (AvgIpc) is 3.17. The van der Waals surface area contributed by atoms with Gasteiger partial charge >= 0.3 is 0 Å². The topological polar surface area (TPSA) is 82.0 Å². The zero-order valence-electron chi connectivity index (χ0n) is 11.3. The molecule has 104 valence electrons. The third-order valence-electron chi connectivity index (χ3n) is 3.40. The molecule has 1 aliphatic carbocycles. The molecule has 2 rings (SSSR count). The van der Waals surface area contributed by atoms with Crippen LogP contribution in [-0.4, -0.2) is 18.4 Å². The van der Waals surface area contributed by atoms with Gasteiger partial charge < -0.3 is 10.6 Å². The summed E-state index contributed by atoms with van der Waals surface area (Å²) in [4.78, 5) is 23.2. The Bertz CT molecular complexity index is 545. The van der Waals surface area contributed by atoms with Crippen molar-refractivity contribution in [1.29, 1.82) is 5.26 Å². The highest BCUT2D eigenvalue weighted by atomic mass is 16.2. The van der Waals surface area contributed by atoms with E-state index in [4.69, 9.17) is 5.26 Å². The minimum Gasteiger partial charge on any atom is -0.355 e. The van der Waals surface area contributed by atoms with Crippen LogP contribution in [0, 0.1) is 23.2 Å². The fraction of sp³-hybridized carbons (Fsp3) is 0.400. The molecular weight excluding hydrogens is 254 g/mol. The van der Waals surface area contributed by atoms with Crippen molar-refractivity contribution >= 4 is 17.5 Å². The summed E-state index contributed by atoms with van der Waals surface area (Å²) in [5.74, 6) is 0.501. The standard InChI is InChI=1S/C15H17N3O2/c1-10-8-13(10)15(20)17-7-6-14(19)18-12-4-2-11(9-16)3-5-12/h2-5,10,13H,6-8H2,1H3,(H,17,20)(H,18,19)/t10-,13-/m1/s1. The molecule has 0 saturated heterocycles. The van der Waals surface area contributed by atoms with Crippen LogP contribution in [0.4, 0.5) is 5.69 Å². The maximum absolute atomic E-state index is 11.7. The first-order valence-corrected chi connectivity index (χ1v) is 6.68. The molecule has 5 heteroatoms. The molecule has 5 nitrogen and oxygen atoms in total. The molecule has 2 N–H and O–H groups in total. The molecule has 0 radical (unpaired) electrons. The van der Waals surface area contributed by atoms with Crippen molar-refractivity contribution < 1.29 is 9.59 Å². The molecular formula is C15H17N3O2. The second-order valence-corrected chi connectivity index (χ2v) is 5.10. The summed E-state index contributed by atoms with van der Waals surface area (Å²) in [5.41, 5.74) is 1.20. The van der Waals surface area contributed by atoms with Gasteiger partial charge in [0.1, 0.15) is 0 Å². The Balaban J connectivity index is 1.69. The van der Waals surface area contributed by atoms with Gasteiger partial charge in [-0.05, 0) is 36.6 Å². The molecule has 0 heterocycles. The van der Waals surface area contributed by atoms with Crippen LogP contribution in [0.25, 0.3) is 0 Å². The fourth-order valence-electron chi connectivity index (χ4n) is 1.97. The first-order valence-electron chi connectivity index (χ1n) is 6.68. The van der Waals surface area contributed by atoms with Crippen LogP contribution in [0.5, 0.6) is 0 Å². The number of carbonyl (C=O) groups excluding carboxylic acids is 2. The lowest BCUT2D eigenvalue weighted by Gasteiger charge is -2.06. The number of hydrogen-bond donors (Lipinski definition) is 2. The number of amides is 2. The van der Waals surface area contributed by atoms with Gasteiger partial charge in [0, 0.05) is 24.6 Å². The van der Waals surface area contributed by atoms with Gasteiger partial charge in [0.2, 0.25) is 11.8 Å². The van der Waals surface area contributed by atoms with Gasteiger partial charge in [-0.2, -0.15) is 5.26 Å². The highest BCUT2D eigenvalue weighted by Crippen LogP contribution is 2.37. The van der Waals surface area contributed by atoms with E-state index in [2.05, 4.69) is 10.6 Å². The van der Waals surface area contributed by atoms with Crippen LogP contribution in [0.2, 0.25) is 0 Å². The largest absolute Gasteiger partial charge is 0.355 e. The van der Waals surface area contributed by atoms with E-state index in [0.717, 1.165) is 6.42 Å². The summed E-state index contributed by atoms with van der Waals surface area (Å²) in [6.45, 7) is 2.39. The van der Waals surface area contributed by atoms with Gasteiger partial charge in [-0.1, -0.05) is 6.92 Å². The number of hydrogen-bond acceptors (Lipinski definition) is 3. The van der Waals surface area contributed by atoms with Gasteiger partial charge in [0.15, 0.2) is 0 Å². The zero-order chi connectivity index (χ0) is 14.5. The van der Waals surface area contributed by atoms with E-state index in [1.165, 1.54) is 0 Å². The van der Waals surface area contributed by atoms with E-state index in [-0.39, 0.29) is 24.2 Å². The van der Waals surface area contributed by atoms with Crippen LogP contribution in [-0.2, 0) is 9.59 Å². The Morgan fingerprint density at radius 3 is 2.55 bits per heavy atom. The van der Waals surface area contributed by atoms with Crippen molar-refractivity contribution in [2.24, 2.45) is 11.8 Å². The van der Waals surface area contributed by atoms with Gasteiger partial charge in [-0.3, -0.25) is 9.59 Å². The predicted octanol–water partition coefficient (Wildman–Crippen LogP) is 1.66. The van der Waals surface area contributed by atoms with Crippen molar-refractivity contribution in [3.05, 3.63) is 29.8 Å². The van der Waals surface area contributed by atoms with Gasteiger partial charge in [0.25, 0.3) is 0 Å². The van der Waals surface area contributed by atoms with E-state index < -0.39 is 0 Å². The summed E-state index contributed by atoms with van der Waals surface area (Å²) in [6, 6.07) is 8.67. The normalized spacial score (nSPS) is 19.8. The third-order valence-corrected chi connectivity index (χ3v) is 3.40. The van der Waals surface area contributed by atoms with Crippen LogP contribution in [0.1, 0.15) is 25.3 Å². The Morgan fingerprint density at radius 1 is 1.35 bits per heavy atom. The average molecular weight is 271 g/mol. The fourth-order valence-corrected chi connectivity index (χ4v) is 1.97. The predicted molar refractivity (Wildman–Crippen MR) is 74.7 cm³/mol. The first kappa shape index (κ1) is 14.1. The number of carbonyl (C=O) groups is 2. The second kappa shape index (κ2) is 6.20. The van der Waals surface area contributed by atoms with Gasteiger partial charge in [-0.15, -0.1) is 0 Å². The van der Waals surface area contributed by atoms with Gasteiger partial charge in [0.05, 0.1) is 11.6 Å². The van der Waals surface area contributed by atoms with Gasteiger partial charge in [-0.25, -0.2) is 0 Å². The number of benzene rings is 1. The summed E-state index contributed by atoms with van der Waals surface area (Å²) in [7, 11) is 0. The first-order chi connectivity index (χ1) is 9.60. The lowest BCUT2D eigenvalue weighted by atomic mass is 10.2. The molecule has 0 spiro atoms. The van der Waals surface area contributed by atoms with E-state index >= 15 is 0 Å². The molecule has 1 saturated carbocycles. The maximum atomic E-state index is 11.7. The number of nitriles is 1. The molecule has 1 fully saturated rings. The van der Waals surface area contributed by atoms with Crippen molar-refractivity contribution in [2.45, 2.75) is 19.8 Å². The summed E-state index contributed by atoms with van der Waals surface area (Å²) in [6.07, 6.45) is 1.19. The van der Waals surface area contributed by atoms with Crippen LogP contribution >= 0.6 is 0 Å². The lowest BCUT2D eigenvalue weighted by Crippen LogP contribution is -2.29. The van der Waals surface area contributed by atoms with Crippen molar-refractivity contribution in [2.75, 3.05) is 11.9 Å². The monoisotopic (exact) mass is 271 g/mol. The minimum atomic E-state index is -0.154. The van der Waals surface area contributed by atoms with Crippen molar-refractivity contribution in [3.63, 3.8) is 0 Å². The minimum absolute atomic E-state index is 0.0451. The number of anilines is 1. The summed E-state index contributed by atoms with van der Waals surface area (Å²) in [5, 5.41) is 14.2. The Morgan fingerprint density at radius 2 is 2.00 bits per heavy atom. The molecule has 1 aliphatic rings. The molecule has 0 aromatic heterocycles. The molecule has 20 heavy (non-hydrogen) atoms. The number of rotatable bonds is 5. The quantitative estimate of drug-likeness (QED) is 0.854. The van der Waals surface area contributed by atoms with Crippen LogP contribution in [0.15, 0.2) is 24.3 Å². The summed E-state index contributed by atoms with van der Waals surface area (Å²) >= 11 is 0. The Labute approximate surface area is 118 Å². The highest BCUT2D eigenvalue weighted by molar-refractivity contribution is 5.91. The van der Waals surface area contributed by atoms with E-state index in [9.17, 15) is 9.59 Å². The number of nitrogens with one attached hydrogen (secondary N) is 2. The van der Waals surface area contributed by atoms with Crippen LogP contribution < -0.4 is 10.6 Å². The number of nitrogens with zero attached hydrogens (tertiary/aromatic N) is 1. The SMILES string of the molecule is C[C@@H]1C[C@H]1C(=O)NCCC(=O)Nc1ccc(C#N)cc1. The molecule has 0 bridgehead atoms. The molecule has 2 amide bonds. The second-order valence-electron chi connectivity index (χ2n) is 5.10. The summed E-state index contributed by atoms with van der Waals surface area (Å²) < 4.78 is 0. The Hall–Kier alpha value is -2.35. The molecule has 1 aromatic rings. The smallest absolute Gasteiger partial charge is 0.226 e. The molecule has 2 atom stereocenters. The zero-order valence-corrected chi connectivity index (χ0v) is 11.3. The van der Waals surface area contributed by atoms with E-state index in [1.54, 1.807) is 24.3 Å². The maximum Gasteiger partial charge on any atom is 0.226 e. The molecule has 1 aromatic carbocycles. The van der Waals surface area contributed by atoms with Crippen molar-refractivity contribution in [3.8, 4) is 6.07 Å². The van der Waals surface area contributed by atoms with Crippen molar-refractivity contribution in [1.82, 2.24) is 5.32 Å². The molecule has 0 aliphatic heterocycles. The highest BCUT2D eigenvalue weighted by Gasteiger charge is 2.38. The molecule has 0 unspecified atom stereocenters. The Kier molecular flexibility index (Phi) is 4.36. The van der Waals surface area contributed by atoms with E-state index in [1.807, 2.05) is 13.0 Å². The van der Waals surface area contributed by atoms with Crippen LogP contribution in [0.3, 0.4) is 0 Å².